The van der Waals surface area contributed by atoms with Crippen molar-refractivity contribution in [3.05, 3.63) is 12.5 Å². The molecule has 10 heavy (non-hydrogen) atoms. The molecule has 1 aromatic rings. The van der Waals surface area contributed by atoms with Crippen LogP contribution in [0.1, 0.15) is 0 Å². The summed E-state index contributed by atoms with van der Waals surface area (Å²) < 4.78 is 0. The molecule has 50 valence electrons. The molecule has 1 aromatic heterocycles. The third-order valence-electron chi connectivity index (χ3n) is 1.09. The lowest BCUT2D eigenvalue weighted by molar-refractivity contribution is 0.407. The van der Waals surface area contributed by atoms with Crippen molar-refractivity contribution in [1.29, 1.82) is 0 Å². The Morgan fingerprint density at radius 2 is 2.50 bits per heavy atom. The van der Waals surface area contributed by atoms with Gasteiger partial charge in [-0.1, -0.05) is 0 Å². The quantitative estimate of drug-likeness (QED) is 0.564. The van der Waals surface area contributed by atoms with Gasteiger partial charge < -0.3 is 4.84 Å². The second-order valence-electron chi connectivity index (χ2n) is 1.71. The highest BCUT2D eigenvalue weighted by Crippen LogP contribution is 2.21. The summed E-state index contributed by atoms with van der Waals surface area (Å²) >= 11 is 0. The number of hydrogen-bond donors (Lipinski definition) is 1. The molecule has 0 unspecified atom stereocenters. The van der Waals surface area contributed by atoms with Gasteiger partial charge >= 0.3 is 0 Å². The normalized spacial score (nSPS) is 13.2. The zero-order valence-corrected chi connectivity index (χ0v) is 4.98. The summed E-state index contributed by atoms with van der Waals surface area (Å²) in [5, 5.41) is 0. The number of nitrogens with one attached hydrogen (secondary N) is 1. The molecule has 2 heterocycles. The largest absolute Gasteiger partial charge is 0.370 e. The molecule has 2 rings (SSSR count). The van der Waals surface area contributed by atoms with Gasteiger partial charge in [-0.15, -0.1) is 0 Å². The Morgan fingerprint density at radius 3 is 3.40 bits per heavy atom. The number of fused-ring (bicyclic) bond motifs is 1. The molecular formula is C5H4N4O. The molecule has 0 saturated heterocycles. The molecule has 1 aliphatic heterocycles. The summed E-state index contributed by atoms with van der Waals surface area (Å²) in [6, 6.07) is 0. The number of nitrogens with zero attached hydrogens (tertiary/aromatic N) is 3. The van der Waals surface area contributed by atoms with E-state index in [4.69, 9.17) is 0 Å². The zero-order valence-electron chi connectivity index (χ0n) is 4.98. The smallest absolute Gasteiger partial charge is 0.211 e. The van der Waals surface area contributed by atoms with Crippen LogP contribution < -0.4 is 5.48 Å². The van der Waals surface area contributed by atoms with E-state index in [0.717, 1.165) is 0 Å². The molecule has 0 aromatic carbocycles. The maximum Gasteiger partial charge on any atom is 0.211 e. The van der Waals surface area contributed by atoms with E-state index in [2.05, 4.69) is 25.3 Å². The van der Waals surface area contributed by atoms with E-state index in [1.807, 2.05) is 0 Å². The first-order chi connectivity index (χ1) is 4.97. The Morgan fingerprint density at radius 1 is 1.50 bits per heavy atom. The van der Waals surface area contributed by atoms with Crippen LogP contribution in [0.4, 0.5) is 11.5 Å². The Kier molecular flexibility index (Phi) is 1.00. The molecule has 0 atom stereocenters. The van der Waals surface area contributed by atoms with Crippen LogP contribution in [0.15, 0.2) is 17.5 Å². The average molecular weight is 136 g/mol. The van der Waals surface area contributed by atoms with Crippen LogP contribution in [0, 0.1) is 0 Å². The van der Waals surface area contributed by atoms with Gasteiger partial charge in [0.1, 0.15) is 12.0 Å². The highest BCUT2D eigenvalue weighted by molar-refractivity contribution is 5.68. The predicted octanol–water partition coefficient (Wildman–Crippen LogP) is 0.493. The molecular weight excluding hydrogens is 132 g/mol. The van der Waals surface area contributed by atoms with E-state index in [1.54, 1.807) is 6.20 Å². The van der Waals surface area contributed by atoms with Gasteiger partial charge in [0.05, 0.1) is 6.20 Å². The molecule has 1 N–H and O–H groups in total. The lowest BCUT2D eigenvalue weighted by Gasteiger charge is -2.08. The fourth-order valence-corrected chi connectivity index (χ4v) is 0.664. The molecule has 5 heteroatoms. The lowest BCUT2D eigenvalue weighted by Crippen LogP contribution is -2.04. The molecule has 1 aliphatic rings. The van der Waals surface area contributed by atoms with Crippen molar-refractivity contribution in [2.45, 2.75) is 0 Å². The maximum atomic E-state index is 4.67. The van der Waals surface area contributed by atoms with Gasteiger partial charge in [-0.2, -0.15) is 4.99 Å². The third kappa shape index (κ3) is 0.680. The lowest BCUT2D eigenvalue weighted by atomic mass is 10.5. The minimum Gasteiger partial charge on any atom is -0.370 e. The average Bonchev–Trinajstić information content (AvgIpc) is 2.05. The topological polar surface area (TPSA) is 59.4 Å². The molecule has 0 amide bonds. The summed E-state index contributed by atoms with van der Waals surface area (Å²) in [6.45, 7) is 0. The Labute approximate surface area is 56.7 Å². The van der Waals surface area contributed by atoms with Gasteiger partial charge in [-0.25, -0.2) is 15.4 Å². The number of anilines is 1. The van der Waals surface area contributed by atoms with E-state index in [9.17, 15) is 0 Å². The van der Waals surface area contributed by atoms with Crippen LogP contribution >= 0.6 is 0 Å². The SMILES string of the molecule is C1=Nc2ncncc2NO1. The standard InChI is InChI=1S/C5H4N4O/c1-4-5(7-2-6-1)8-3-10-9-4/h1-3,9H. The van der Waals surface area contributed by atoms with Gasteiger partial charge in [0, 0.05) is 0 Å². The number of rotatable bonds is 0. The van der Waals surface area contributed by atoms with Crippen molar-refractivity contribution in [3.63, 3.8) is 0 Å². The Hall–Kier alpha value is -1.65. The Bertz CT molecular complexity index is 272. The third-order valence-corrected chi connectivity index (χ3v) is 1.09. The van der Waals surface area contributed by atoms with E-state index in [0.29, 0.717) is 11.5 Å². The van der Waals surface area contributed by atoms with Crippen molar-refractivity contribution in [2.24, 2.45) is 4.99 Å². The van der Waals surface area contributed by atoms with Crippen LogP contribution in [-0.2, 0) is 4.84 Å². The number of aromatic nitrogens is 2. The fourth-order valence-electron chi connectivity index (χ4n) is 0.664. The first kappa shape index (κ1) is 5.16. The number of aliphatic imine (C=N–C) groups is 1. The molecule has 0 spiro atoms. The highest BCUT2D eigenvalue weighted by atomic mass is 16.6. The van der Waals surface area contributed by atoms with Crippen LogP contribution in [0.2, 0.25) is 0 Å². The summed E-state index contributed by atoms with van der Waals surface area (Å²) in [5.41, 5.74) is 3.27. The highest BCUT2D eigenvalue weighted by Gasteiger charge is 2.04. The second-order valence-corrected chi connectivity index (χ2v) is 1.71. The fraction of sp³-hybridized carbons (Fsp3) is 0. The second kappa shape index (κ2) is 1.94. The maximum absolute atomic E-state index is 4.67. The van der Waals surface area contributed by atoms with Gasteiger partial charge in [0.15, 0.2) is 5.82 Å². The van der Waals surface area contributed by atoms with E-state index in [-0.39, 0.29) is 0 Å². The molecule has 0 fully saturated rings. The minimum absolute atomic E-state index is 0.598. The first-order valence-corrected chi connectivity index (χ1v) is 2.71. The summed E-state index contributed by atoms with van der Waals surface area (Å²) in [6.07, 6.45) is 4.32. The molecule has 0 bridgehead atoms. The van der Waals surface area contributed by atoms with Crippen molar-refractivity contribution < 1.29 is 4.84 Å². The van der Waals surface area contributed by atoms with Crippen molar-refractivity contribution in [3.8, 4) is 0 Å². The van der Waals surface area contributed by atoms with E-state index < -0.39 is 0 Å². The van der Waals surface area contributed by atoms with Crippen LogP contribution in [0.25, 0.3) is 0 Å². The molecule has 0 radical (unpaired) electrons. The van der Waals surface area contributed by atoms with Crippen molar-refractivity contribution in [1.82, 2.24) is 9.97 Å². The van der Waals surface area contributed by atoms with Gasteiger partial charge in [-0.05, 0) is 0 Å². The minimum atomic E-state index is 0.598. The van der Waals surface area contributed by atoms with Gasteiger partial charge in [0.2, 0.25) is 6.40 Å². The van der Waals surface area contributed by atoms with Gasteiger partial charge in [0.25, 0.3) is 0 Å². The summed E-state index contributed by atoms with van der Waals surface area (Å²) in [4.78, 5) is 16.1. The van der Waals surface area contributed by atoms with Crippen molar-refractivity contribution in [2.75, 3.05) is 5.48 Å². The molecule has 0 aliphatic carbocycles. The number of hydrogen-bond acceptors (Lipinski definition) is 5. The van der Waals surface area contributed by atoms with Crippen molar-refractivity contribution >= 4 is 17.9 Å². The van der Waals surface area contributed by atoms with E-state index in [1.165, 1.54) is 12.7 Å². The molecule has 5 nitrogen and oxygen atoms in total. The van der Waals surface area contributed by atoms with Gasteiger partial charge in [-0.3, -0.25) is 0 Å². The zero-order chi connectivity index (χ0) is 6.81. The summed E-state index contributed by atoms with van der Waals surface area (Å²) in [7, 11) is 0. The first-order valence-electron chi connectivity index (χ1n) is 2.71. The van der Waals surface area contributed by atoms with Crippen LogP contribution in [0.3, 0.4) is 0 Å². The van der Waals surface area contributed by atoms with E-state index >= 15 is 0 Å². The monoisotopic (exact) mass is 136 g/mol. The predicted molar refractivity (Wildman–Crippen MR) is 34.9 cm³/mol. The summed E-state index contributed by atoms with van der Waals surface area (Å²) in [5.74, 6) is 0.598. The molecule has 0 saturated carbocycles. The van der Waals surface area contributed by atoms with Crippen LogP contribution in [0.5, 0.6) is 0 Å². The van der Waals surface area contributed by atoms with Crippen LogP contribution in [-0.4, -0.2) is 16.4 Å². The Balaban J connectivity index is 2.54.